The number of nitrogens with one attached hydrogen (secondary N) is 2. The fraction of sp³-hybridized carbons (Fsp3) is 0.333. The van der Waals surface area contributed by atoms with Gasteiger partial charge in [0.15, 0.2) is 6.29 Å². The maximum absolute atomic E-state index is 12.4. The summed E-state index contributed by atoms with van der Waals surface area (Å²) in [5.41, 5.74) is 3.22. The normalized spacial score (nSPS) is 17.5. The third-order valence-corrected chi connectivity index (χ3v) is 5.30. The number of hydrogen-bond donors (Lipinski definition) is 4. The van der Waals surface area contributed by atoms with E-state index in [1.165, 1.54) is 25.0 Å². The van der Waals surface area contributed by atoms with Crippen LogP contribution in [-0.2, 0) is 6.54 Å². The minimum atomic E-state index is -1.54. The number of H-pyrrole nitrogens is 1. The number of rotatable bonds is 5. The van der Waals surface area contributed by atoms with Gasteiger partial charge in [0, 0.05) is 22.9 Å². The summed E-state index contributed by atoms with van der Waals surface area (Å²) in [6.45, 7) is 4.16. The van der Waals surface area contributed by atoms with Crippen molar-refractivity contribution in [3.05, 3.63) is 59.4 Å². The van der Waals surface area contributed by atoms with Crippen LogP contribution in [-0.4, -0.2) is 43.6 Å². The highest BCUT2D eigenvalue weighted by atomic mass is 16.5. The Morgan fingerprint density at radius 2 is 2.07 bits per heavy atom. The van der Waals surface area contributed by atoms with Gasteiger partial charge in [-0.25, -0.2) is 4.98 Å². The number of aliphatic hydroxyl groups is 2. The molecule has 1 aromatic heterocycles. The van der Waals surface area contributed by atoms with Gasteiger partial charge in [0.1, 0.15) is 5.82 Å². The zero-order valence-electron chi connectivity index (χ0n) is 15.7. The molecule has 4 N–H and O–H groups in total. The fourth-order valence-corrected chi connectivity index (χ4v) is 3.64. The van der Waals surface area contributed by atoms with E-state index in [-0.39, 0.29) is 5.91 Å². The van der Waals surface area contributed by atoms with E-state index in [0.717, 1.165) is 29.9 Å². The zero-order valence-corrected chi connectivity index (χ0v) is 15.7. The van der Waals surface area contributed by atoms with Crippen molar-refractivity contribution in [2.24, 2.45) is 0 Å². The van der Waals surface area contributed by atoms with Crippen molar-refractivity contribution in [3.63, 3.8) is 0 Å². The van der Waals surface area contributed by atoms with Crippen LogP contribution in [0.5, 0.6) is 0 Å². The SMILES string of the molecule is CC1CCCN1Cc1nc2ccc(NC(=O)c3ccc(C(O)O)cc3)cc2[nH]1. The van der Waals surface area contributed by atoms with Crippen LogP contribution in [0.15, 0.2) is 42.5 Å². The number of hydrogen-bond acceptors (Lipinski definition) is 5. The summed E-state index contributed by atoms with van der Waals surface area (Å²) in [6, 6.07) is 12.3. The first-order valence-corrected chi connectivity index (χ1v) is 9.50. The van der Waals surface area contributed by atoms with E-state index in [9.17, 15) is 4.79 Å². The average Bonchev–Trinajstić information content (AvgIpc) is 3.27. The van der Waals surface area contributed by atoms with E-state index in [0.29, 0.717) is 22.9 Å². The van der Waals surface area contributed by atoms with Gasteiger partial charge in [-0.05, 0) is 56.6 Å². The lowest BCUT2D eigenvalue weighted by Crippen LogP contribution is -2.26. The average molecular weight is 380 g/mol. The van der Waals surface area contributed by atoms with Gasteiger partial charge in [-0.1, -0.05) is 12.1 Å². The summed E-state index contributed by atoms with van der Waals surface area (Å²) in [7, 11) is 0. The van der Waals surface area contributed by atoms with Crippen molar-refractivity contribution in [3.8, 4) is 0 Å². The van der Waals surface area contributed by atoms with E-state index in [1.54, 1.807) is 12.1 Å². The molecule has 146 valence electrons. The van der Waals surface area contributed by atoms with E-state index in [1.807, 2.05) is 18.2 Å². The van der Waals surface area contributed by atoms with Crippen molar-refractivity contribution >= 4 is 22.6 Å². The molecule has 3 aromatic rings. The van der Waals surface area contributed by atoms with Crippen LogP contribution in [0.1, 0.15) is 47.8 Å². The number of nitrogens with zero attached hydrogens (tertiary/aromatic N) is 2. The molecule has 0 aliphatic carbocycles. The number of aromatic nitrogens is 2. The molecule has 1 atom stereocenters. The van der Waals surface area contributed by atoms with E-state index in [4.69, 9.17) is 10.2 Å². The van der Waals surface area contributed by atoms with Crippen molar-refractivity contribution in [1.29, 1.82) is 0 Å². The van der Waals surface area contributed by atoms with Crippen LogP contribution < -0.4 is 5.32 Å². The highest BCUT2D eigenvalue weighted by molar-refractivity contribution is 6.05. The number of likely N-dealkylation sites (tertiary alicyclic amines) is 1. The molecule has 0 spiro atoms. The monoisotopic (exact) mass is 380 g/mol. The Morgan fingerprint density at radius 1 is 1.29 bits per heavy atom. The minimum Gasteiger partial charge on any atom is -0.364 e. The lowest BCUT2D eigenvalue weighted by molar-refractivity contribution is -0.0425. The molecule has 1 amide bonds. The first kappa shape index (κ1) is 18.6. The molecule has 2 heterocycles. The van der Waals surface area contributed by atoms with Crippen LogP contribution in [0.3, 0.4) is 0 Å². The number of aliphatic hydroxyl groups excluding tert-OH is 1. The summed E-state index contributed by atoms with van der Waals surface area (Å²) >= 11 is 0. The first-order chi connectivity index (χ1) is 13.5. The summed E-state index contributed by atoms with van der Waals surface area (Å²) in [4.78, 5) is 22.9. The molecule has 1 aliphatic rings. The molecular formula is C21H24N4O3. The summed E-state index contributed by atoms with van der Waals surface area (Å²) in [5, 5.41) is 21.1. The largest absolute Gasteiger partial charge is 0.364 e. The highest BCUT2D eigenvalue weighted by Gasteiger charge is 2.21. The van der Waals surface area contributed by atoms with Crippen molar-refractivity contribution < 1.29 is 15.0 Å². The van der Waals surface area contributed by atoms with Crippen LogP contribution in [0.25, 0.3) is 11.0 Å². The highest BCUT2D eigenvalue weighted by Crippen LogP contribution is 2.22. The topological polar surface area (TPSA) is 101 Å². The van der Waals surface area contributed by atoms with Crippen LogP contribution in [0.2, 0.25) is 0 Å². The maximum Gasteiger partial charge on any atom is 0.255 e. The van der Waals surface area contributed by atoms with Crippen LogP contribution in [0.4, 0.5) is 5.69 Å². The molecule has 0 saturated carbocycles. The van der Waals surface area contributed by atoms with Gasteiger partial charge >= 0.3 is 0 Å². The van der Waals surface area contributed by atoms with Gasteiger partial charge in [-0.15, -0.1) is 0 Å². The smallest absolute Gasteiger partial charge is 0.255 e. The van der Waals surface area contributed by atoms with E-state index < -0.39 is 6.29 Å². The molecular weight excluding hydrogens is 356 g/mol. The Morgan fingerprint density at radius 3 is 2.75 bits per heavy atom. The number of amides is 1. The van der Waals surface area contributed by atoms with Gasteiger partial charge in [0.2, 0.25) is 0 Å². The number of benzene rings is 2. The van der Waals surface area contributed by atoms with Gasteiger partial charge in [0.25, 0.3) is 5.91 Å². The summed E-state index contributed by atoms with van der Waals surface area (Å²) in [6.07, 6.45) is 0.919. The standard InChI is InChI=1S/C21H24N4O3/c1-13-3-2-10-25(13)12-19-23-17-9-8-16(11-18(17)24-19)22-20(26)14-4-6-15(7-5-14)21(27)28/h4-9,11,13,21,27-28H,2-3,10,12H2,1H3,(H,22,26)(H,23,24). The van der Waals surface area contributed by atoms with Crippen LogP contribution >= 0.6 is 0 Å². The van der Waals surface area contributed by atoms with E-state index in [2.05, 4.69) is 27.1 Å². The number of carbonyl (C=O) groups is 1. The Kier molecular flexibility index (Phi) is 5.13. The van der Waals surface area contributed by atoms with Crippen molar-refractivity contribution in [2.75, 3.05) is 11.9 Å². The molecule has 1 fully saturated rings. The molecule has 2 aromatic carbocycles. The van der Waals surface area contributed by atoms with Crippen LogP contribution in [0, 0.1) is 0 Å². The Labute approximate surface area is 163 Å². The number of aromatic amines is 1. The van der Waals surface area contributed by atoms with Gasteiger partial charge < -0.3 is 20.5 Å². The predicted octanol–water partition coefficient (Wildman–Crippen LogP) is 2.78. The van der Waals surface area contributed by atoms with Crippen molar-refractivity contribution in [2.45, 2.75) is 38.6 Å². The quantitative estimate of drug-likeness (QED) is 0.510. The maximum atomic E-state index is 12.4. The number of imidazole rings is 1. The Bertz CT molecular complexity index is 981. The summed E-state index contributed by atoms with van der Waals surface area (Å²) < 4.78 is 0. The molecule has 7 heteroatoms. The molecule has 0 radical (unpaired) electrons. The molecule has 4 rings (SSSR count). The third kappa shape index (κ3) is 3.91. The Hall–Kier alpha value is -2.74. The molecule has 1 unspecified atom stereocenters. The van der Waals surface area contributed by atoms with Gasteiger partial charge in [-0.2, -0.15) is 0 Å². The molecule has 0 bridgehead atoms. The second-order valence-electron chi connectivity index (χ2n) is 7.33. The second-order valence-corrected chi connectivity index (χ2v) is 7.33. The minimum absolute atomic E-state index is 0.260. The predicted molar refractivity (Wildman–Crippen MR) is 107 cm³/mol. The molecule has 28 heavy (non-hydrogen) atoms. The third-order valence-electron chi connectivity index (χ3n) is 5.30. The summed E-state index contributed by atoms with van der Waals surface area (Å²) in [5.74, 6) is 0.675. The zero-order chi connectivity index (χ0) is 19.7. The Balaban J connectivity index is 1.47. The molecule has 1 saturated heterocycles. The first-order valence-electron chi connectivity index (χ1n) is 9.50. The van der Waals surface area contributed by atoms with Gasteiger partial charge in [-0.3, -0.25) is 9.69 Å². The van der Waals surface area contributed by atoms with Gasteiger partial charge in [0.05, 0.1) is 17.6 Å². The fourth-order valence-electron chi connectivity index (χ4n) is 3.64. The molecule has 1 aliphatic heterocycles. The lowest BCUT2D eigenvalue weighted by Gasteiger charge is -2.19. The second kappa shape index (κ2) is 7.71. The number of fused-ring (bicyclic) bond motifs is 1. The van der Waals surface area contributed by atoms with E-state index >= 15 is 0 Å². The number of carbonyl (C=O) groups excluding carboxylic acids is 1. The lowest BCUT2D eigenvalue weighted by atomic mass is 10.1. The van der Waals surface area contributed by atoms with Crippen molar-refractivity contribution in [1.82, 2.24) is 14.9 Å². The molecule has 7 nitrogen and oxygen atoms in total. The number of anilines is 1.